The van der Waals surface area contributed by atoms with Crippen molar-refractivity contribution in [2.24, 2.45) is 0 Å². The first kappa shape index (κ1) is 23.7. The fourth-order valence-electron chi connectivity index (χ4n) is 3.85. The molecule has 1 aliphatic rings. The number of nitrogens with zero attached hydrogens (tertiary/aromatic N) is 4. The molecule has 1 amide bonds. The monoisotopic (exact) mass is 441 g/mol. The Balaban J connectivity index is 1.64. The number of aryl methyl sites for hydroxylation is 1. The lowest BCUT2D eigenvalue weighted by atomic mass is 9.91. The predicted molar refractivity (Wildman–Crippen MR) is 126 cm³/mol. The third-order valence-corrected chi connectivity index (χ3v) is 5.29. The number of rotatable bonds is 8. The van der Waals surface area contributed by atoms with Crippen molar-refractivity contribution in [3.63, 3.8) is 0 Å². The van der Waals surface area contributed by atoms with E-state index in [1.807, 2.05) is 39.2 Å². The number of nitrogens with one attached hydrogen (secondary N) is 3. The van der Waals surface area contributed by atoms with Gasteiger partial charge in [-0.3, -0.25) is 9.88 Å². The average molecular weight is 442 g/mol. The molecule has 9 heteroatoms. The fourth-order valence-corrected chi connectivity index (χ4v) is 3.85. The van der Waals surface area contributed by atoms with Crippen LogP contribution in [0.1, 0.15) is 56.5 Å². The number of carbonyl (C=O) groups excluding carboxylic acids is 1. The van der Waals surface area contributed by atoms with E-state index < -0.39 is 11.7 Å². The number of carbonyl (C=O) groups is 1. The van der Waals surface area contributed by atoms with E-state index in [0.717, 1.165) is 30.6 Å². The van der Waals surface area contributed by atoms with E-state index in [9.17, 15) is 4.79 Å². The molecule has 0 aliphatic heterocycles. The highest BCUT2D eigenvalue weighted by Gasteiger charge is 2.25. The minimum absolute atomic E-state index is 0.269. The second kappa shape index (κ2) is 10.6. The van der Waals surface area contributed by atoms with Gasteiger partial charge in [0.2, 0.25) is 5.95 Å². The highest BCUT2D eigenvalue weighted by Crippen LogP contribution is 2.33. The molecule has 2 heterocycles. The molecule has 0 saturated carbocycles. The number of anilines is 2. The zero-order valence-corrected chi connectivity index (χ0v) is 19.7. The SMILES string of the molecule is CNc1ncc(CN(C)C2CCCc3cccnc32)c(NCCNC(=O)OC(C)(C)C)n1. The number of fused-ring (bicyclic) bond motifs is 1. The lowest BCUT2D eigenvalue weighted by molar-refractivity contribution is 0.0530. The minimum atomic E-state index is -0.518. The van der Waals surface area contributed by atoms with Crippen molar-refractivity contribution in [2.75, 3.05) is 37.8 Å². The molecule has 2 aromatic heterocycles. The van der Waals surface area contributed by atoms with Gasteiger partial charge in [0, 0.05) is 44.6 Å². The third kappa shape index (κ3) is 6.53. The number of ether oxygens (including phenoxy) is 1. The first-order valence-corrected chi connectivity index (χ1v) is 11.1. The second-order valence-electron chi connectivity index (χ2n) is 9.04. The van der Waals surface area contributed by atoms with Crippen molar-refractivity contribution in [3.8, 4) is 0 Å². The lowest BCUT2D eigenvalue weighted by Gasteiger charge is -2.32. The molecule has 0 radical (unpaired) electrons. The van der Waals surface area contributed by atoms with Crippen LogP contribution in [0.2, 0.25) is 0 Å². The molecule has 174 valence electrons. The first-order chi connectivity index (χ1) is 15.3. The molecule has 32 heavy (non-hydrogen) atoms. The van der Waals surface area contributed by atoms with E-state index >= 15 is 0 Å². The maximum Gasteiger partial charge on any atom is 0.407 e. The molecule has 2 aromatic rings. The molecule has 1 atom stereocenters. The second-order valence-corrected chi connectivity index (χ2v) is 9.04. The molecule has 1 aliphatic carbocycles. The highest BCUT2D eigenvalue weighted by molar-refractivity contribution is 5.67. The summed E-state index contributed by atoms with van der Waals surface area (Å²) in [7, 11) is 3.91. The van der Waals surface area contributed by atoms with Crippen LogP contribution in [0.3, 0.4) is 0 Å². The number of hydrogen-bond donors (Lipinski definition) is 3. The summed E-state index contributed by atoms with van der Waals surface area (Å²) in [5, 5.41) is 9.07. The fraction of sp³-hybridized carbons (Fsp3) is 0.565. The summed E-state index contributed by atoms with van der Waals surface area (Å²) in [4.78, 5) is 27.8. The molecule has 9 nitrogen and oxygen atoms in total. The number of hydrogen-bond acceptors (Lipinski definition) is 8. The van der Waals surface area contributed by atoms with Gasteiger partial charge in [0.25, 0.3) is 0 Å². The van der Waals surface area contributed by atoms with Gasteiger partial charge in [-0.2, -0.15) is 4.98 Å². The van der Waals surface area contributed by atoms with Gasteiger partial charge in [-0.25, -0.2) is 9.78 Å². The summed E-state index contributed by atoms with van der Waals surface area (Å²) < 4.78 is 5.27. The van der Waals surface area contributed by atoms with Gasteiger partial charge in [0.15, 0.2) is 0 Å². The Morgan fingerprint density at radius 1 is 1.28 bits per heavy atom. The Bertz CT molecular complexity index is 913. The Morgan fingerprint density at radius 2 is 2.09 bits per heavy atom. The van der Waals surface area contributed by atoms with Gasteiger partial charge in [-0.05, 0) is 58.7 Å². The lowest BCUT2D eigenvalue weighted by Crippen LogP contribution is -2.35. The third-order valence-electron chi connectivity index (χ3n) is 5.29. The van der Waals surface area contributed by atoms with Gasteiger partial charge < -0.3 is 20.7 Å². The van der Waals surface area contributed by atoms with Gasteiger partial charge in [-0.15, -0.1) is 0 Å². The van der Waals surface area contributed by atoms with Crippen LogP contribution in [-0.2, 0) is 17.7 Å². The molecule has 0 fully saturated rings. The van der Waals surface area contributed by atoms with E-state index in [4.69, 9.17) is 4.74 Å². The van der Waals surface area contributed by atoms with Crippen molar-refractivity contribution >= 4 is 17.9 Å². The maximum absolute atomic E-state index is 11.8. The first-order valence-electron chi connectivity index (χ1n) is 11.1. The van der Waals surface area contributed by atoms with Crippen molar-refractivity contribution in [1.29, 1.82) is 0 Å². The van der Waals surface area contributed by atoms with Gasteiger partial charge >= 0.3 is 6.09 Å². The zero-order chi connectivity index (χ0) is 23.1. The van der Waals surface area contributed by atoms with Crippen LogP contribution in [0.5, 0.6) is 0 Å². The zero-order valence-electron chi connectivity index (χ0n) is 19.7. The molecule has 0 saturated heterocycles. The summed E-state index contributed by atoms with van der Waals surface area (Å²) in [6.07, 6.45) is 6.62. The molecule has 3 N–H and O–H groups in total. The van der Waals surface area contributed by atoms with Crippen LogP contribution in [-0.4, -0.2) is 58.7 Å². The standard InChI is InChI=1S/C23H35N7O2/c1-23(2,3)32-22(31)27-13-12-26-20-17(14-28-21(24-4)29-20)15-30(5)18-10-6-8-16-9-7-11-25-19(16)18/h7,9,11,14,18H,6,8,10,12-13,15H2,1-5H3,(H,27,31)(H2,24,26,28,29). The molecule has 0 bridgehead atoms. The number of alkyl carbamates (subject to hydrolysis) is 1. The summed E-state index contributed by atoms with van der Waals surface area (Å²) in [5.74, 6) is 1.29. The van der Waals surface area contributed by atoms with E-state index in [-0.39, 0.29) is 6.04 Å². The quantitative estimate of drug-likeness (QED) is 0.536. The van der Waals surface area contributed by atoms with E-state index in [1.165, 1.54) is 11.3 Å². The molecular weight excluding hydrogens is 406 g/mol. The van der Waals surface area contributed by atoms with Crippen LogP contribution in [0.25, 0.3) is 0 Å². The molecule has 1 unspecified atom stereocenters. The Labute approximate surface area is 190 Å². The molecule has 0 aromatic carbocycles. The van der Waals surface area contributed by atoms with Crippen LogP contribution in [0.4, 0.5) is 16.6 Å². The van der Waals surface area contributed by atoms with Crippen LogP contribution in [0, 0.1) is 0 Å². The summed E-state index contributed by atoms with van der Waals surface area (Å²) in [5.41, 5.74) is 2.98. The maximum atomic E-state index is 11.8. The normalized spacial score (nSPS) is 15.8. The smallest absolute Gasteiger partial charge is 0.407 e. The number of pyridine rings is 1. The van der Waals surface area contributed by atoms with Crippen molar-refractivity contribution in [3.05, 3.63) is 41.3 Å². The number of aromatic nitrogens is 3. The molecule has 0 spiro atoms. The average Bonchev–Trinajstić information content (AvgIpc) is 2.76. The molecule has 3 rings (SSSR count). The molecular formula is C23H35N7O2. The summed E-state index contributed by atoms with van der Waals surface area (Å²) in [6.45, 7) is 7.15. The predicted octanol–water partition coefficient (Wildman–Crippen LogP) is 3.36. The van der Waals surface area contributed by atoms with Crippen LogP contribution in [0.15, 0.2) is 24.5 Å². The summed E-state index contributed by atoms with van der Waals surface area (Å²) in [6, 6.07) is 4.46. The van der Waals surface area contributed by atoms with Crippen LogP contribution < -0.4 is 16.0 Å². The number of amides is 1. The van der Waals surface area contributed by atoms with Crippen LogP contribution >= 0.6 is 0 Å². The Kier molecular flexibility index (Phi) is 7.84. The minimum Gasteiger partial charge on any atom is -0.444 e. The van der Waals surface area contributed by atoms with E-state index in [0.29, 0.717) is 25.6 Å². The topological polar surface area (TPSA) is 104 Å². The Morgan fingerprint density at radius 3 is 2.84 bits per heavy atom. The summed E-state index contributed by atoms with van der Waals surface area (Å²) >= 11 is 0. The van der Waals surface area contributed by atoms with Gasteiger partial charge in [0.1, 0.15) is 11.4 Å². The van der Waals surface area contributed by atoms with E-state index in [1.54, 1.807) is 7.05 Å². The van der Waals surface area contributed by atoms with Crippen molar-refractivity contribution in [2.45, 2.75) is 58.2 Å². The van der Waals surface area contributed by atoms with Crippen molar-refractivity contribution in [1.82, 2.24) is 25.2 Å². The van der Waals surface area contributed by atoms with E-state index in [2.05, 4.69) is 48.9 Å². The Hall–Kier alpha value is -2.94. The highest BCUT2D eigenvalue weighted by atomic mass is 16.6. The van der Waals surface area contributed by atoms with Crippen molar-refractivity contribution < 1.29 is 9.53 Å². The van der Waals surface area contributed by atoms with Gasteiger partial charge in [-0.1, -0.05) is 6.07 Å². The largest absolute Gasteiger partial charge is 0.444 e. The van der Waals surface area contributed by atoms with Gasteiger partial charge in [0.05, 0.1) is 11.7 Å².